The van der Waals surface area contributed by atoms with Gasteiger partial charge in [-0.15, -0.1) is 0 Å². The average molecular weight is 429 g/mol. The van der Waals surface area contributed by atoms with Crippen LogP contribution in [0.4, 0.5) is 0 Å². The molecule has 164 valence electrons. The molecule has 0 spiro atoms. The Kier molecular flexibility index (Phi) is 10.2. The summed E-state index contributed by atoms with van der Waals surface area (Å²) in [4.78, 5) is 23.7. The van der Waals surface area contributed by atoms with Gasteiger partial charge in [-0.1, -0.05) is 36.9 Å². The molecule has 0 saturated carbocycles. The topological polar surface area (TPSA) is 85.3 Å². The van der Waals surface area contributed by atoms with Gasteiger partial charge in [0.2, 0.25) is 0 Å². The van der Waals surface area contributed by atoms with Crippen LogP contribution in [0.5, 0.6) is 0 Å². The molecule has 1 aromatic rings. The molecule has 0 aliphatic heterocycles. The number of hydrogen-bond donors (Lipinski definition) is 1. The quantitative estimate of drug-likeness (QED) is 0.223. The Balaban J connectivity index is 2.71. The first kappa shape index (κ1) is 25.5. The van der Waals surface area contributed by atoms with Crippen molar-refractivity contribution in [2.45, 2.75) is 19.6 Å². The number of benzene rings is 1. The molecule has 0 bridgehead atoms. The smallest absolute Gasteiger partial charge is 0.460 e. The van der Waals surface area contributed by atoms with Crippen molar-refractivity contribution in [3.63, 3.8) is 0 Å². The third-order valence-electron chi connectivity index (χ3n) is 3.86. The fourth-order valence-electron chi connectivity index (χ4n) is 2.36. The SMILES string of the molecule is C=C(C)C(=O)OCC(CN(C)Cc1ccccc1)OP(=O)(O)OCC[N+](C)(C)C. The zero-order chi connectivity index (χ0) is 22.1. The van der Waals surface area contributed by atoms with E-state index in [1.54, 1.807) is 0 Å². The van der Waals surface area contributed by atoms with Crippen LogP contribution in [0.15, 0.2) is 42.5 Å². The summed E-state index contributed by atoms with van der Waals surface area (Å²) in [5.41, 5.74) is 1.33. The molecule has 0 aromatic heterocycles. The summed E-state index contributed by atoms with van der Waals surface area (Å²) >= 11 is 0. The Bertz CT molecular complexity index is 705. The maximum atomic E-state index is 12.4. The molecule has 0 fully saturated rings. The second-order valence-corrected chi connectivity index (χ2v) is 9.51. The predicted octanol–water partition coefficient (Wildman–Crippen LogP) is 2.45. The maximum Gasteiger partial charge on any atom is 0.472 e. The zero-order valence-corrected chi connectivity index (χ0v) is 18.9. The van der Waals surface area contributed by atoms with Crippen molar-refractivity contribution < 1.29 is 32.5 Å². The minimum Gasteiger partial charge on any atom is -0.460 e. The molecule has 0 aliphatic rings. The highest BCUT2D eigenvalue weighted by Crippen LogP contribution is 2.44. The largest absolute Gasteiger partial charge is 0.472 e. The van der Waals surface area contributed by atoms with Crippen LogP contribution >= 0.6 is 7.82 Å². The molecule has 1 N–H and O–H groups in total. The van der Waals surface area contributed by atoms with E-state index in [-0.39, 0.29) is 25.3 Å². The van der Waals surface area contributed by atoms with Gasteiger partial charge in [-0.3, -0.25) is 13.9 Å². The van der Waals surface area contributed by atoms with E-state index in [1.807, 2.05) is 63.4 Å². The minimum absolute atomic E-state index is 0.0649. The number of nitrogens with zero attached hydrogens (tertiary/aromatic N) is 2. The maximum absolute atomic E-state index is 12.4. The average Bonchev–Trinajstić information content (AvgIpc) is 2.58. The van der Waals surface area contributed by atoms with E-state index in [9.17, 15) is 14.3 Å². The minimum atomic E-state index is -4.31. The van der Waals surface area contributed by atoms with Crippen molar-refractivity contribution in [3.05, 3.63) is 48.0 Å². The number of phosphoric acid groups is 1. The van der Waals surface area contributed by atoms with Crippen LogP contribution < -0.4 is 0 Å². The molecule has 1 aromatic carbocycles. The summed E-state index contributed by atoms with van der Waals surface area (Å²) in [7, 11) is 3.39. The van der Waals surface area contributed by atoms with Crippen LogP contribution in [0.25, 0.3) is 0 Å². The van der Waals surface area contributed by atoms with Crippen molar-refractivity contribution in [2.24, 2.45) is 0 Å². The van der Waals surface area contributed by atoms with Crippen molar-refractivity contribution in [2.75, 3.05) is 54.5 Å². The third-order valence-corrected chi connectivity index (χ3v) is 4.93. The van der Waals surface area contributed by atoms with E-state index < -0.39 is 19.9 Å². The van der Waals surface area contributed by atoms with E-state index in [0.29, 0.717) is 17.6 Å². The fraction of sp³-hybridized carbons (Fsp3) is 0.550. The van der Waals surface area contributed by atoms with Gasteiger partial charge in [-0.25, -0.2) is 9.36 Å². The summed E-state index contributed by atoms with van der Waals surface area (Å²) in [6.07, 6.45) is -0.841. The first-order valence-electron chi connectivity index (χ1n) is 9.39. The molecule has 0 saturated heterocycles. The van der Waals surface area contributed by atoms with Gasteiger partial charge in [0.25, 0.3) is 0 Å². The van der Waals surface area contributed by atoms with Crippen LogP contribution in [0.2, 0.25) is 0 Å². The molecule has 1 rings (SSSR count). The normalized spacial score (nSPS) is 15.0. The number of carbonyl (C=O) groups is 1. The lowest BCUT2D eigenvalue weighted by Crippen LogP contribution is -2.37. The molecule has 2 atom stereocenters. The number of ether oxygens (including phenoxy) is 1. The highest BCUT2D eigenvalue weighted by molar-refractivity contribution is 7.47. The molecule has 2 unspecified atom stereocenters. The lowest BCUT2D eigenvalue weighted by molar-refractivity contribution is -0.870. The number of rotatable bonds is 13. The number of esters is 1. The Morgan fingerprint density at radius 2 is 1.90 bits per heavy atom. The van der Waals surface area contributed by atoms with Gasteiger partial charge in [0.1, 0.15) is 25.9 Å². The molecule has 0 heterocycles. The van der Waals surface area contributed by atoms with Crippen molar-refractivity contribution in [3.8, 4) is 0 Å². The van der Waals surface area contributed by atoms with E-state index in [2.05, 4.69) is 6.58 Å². The Hall–Kier alpha value is -1.54. The highest BCUT2D eigenvalue weighted by Gasteiger charge is 2.29. The summed E-state index contributed by atoms with van der Waals surface area (Å²) < 4.78 is 28.5. The lowest BCUT2D eigenvalue weighted by Gasteiger charge is -2.27. The molecular formula is C20H34N2O6P+. The number of quaternary nitrogens is 1. The summed E-state index contributed by atoms with van der Waals surface area (Å²) in [6.45, 7) is 6.35. The summed E-state index contributed by atoms with van der Waals surface area (Å²) in [5.74, 6) is -0.581. The molecule has 0 amide bonds. The van der Waals surface area contributed by atoms with Gasteiger partial charge in [0.15, 0.2) is 0 Å². The van der Waals surface area contributed by atoms with Crippen LogP contribution in [0.1, 0.15) is 12.5 Å². The lowest BCUT2D eigenvalue weighted by atomic mass is 10.2. The van der Waals surface area contributed by atoms with Gasteiger partial charge in [0.05, 0.1) is 21.1 Å². The number of phosphoric ester groups is 1. The molecule has 9 heteroatoms. The standard InChI is InChI=1S/C20H33N2O6P/c1-17(2)20(23)26-16-19(15-21(3)14-18-10-8-7-9-11-18)28-29(24,25)27-13-12-22(4,5)6/h7-11,19H,1,12-16H2,2-6H3/p+1. The van der Waals surface area contributed by atoms with Crippen LogP contribution in [-0.2, 0) is 29.7 Å². The van der Waals surface area contributed by atoms with Gasteiger partial charge in [-0.05, 0) is 19.5 Å². The Morgan fingerprint density at radius 1 is 1.28 bits per heavy atom. The highest BCUT2D eigenvalue weighted by atomic mass is 31.2. The first-order chi connectivity index (χ1) is 13.4. The van der Waals surface area contributed by atoms with Crippen molar-refractivity contribution in [1.29, 1.82) is 0 Å². The predicted molar refractivity (Wildman–Crippen MR) is 112 cm³/mol. The summed E-state index contributed by atoms with van der Waals surface area (Å²) in [5, 5.41) is 0. The van der Waals surface area contributed by atoms with E-state index in [1.165, 1.54) is 6.92 Å². The third kappa shape index (κ3) is 11.9. The first-order valence-corrected chi connectivity index (χ1v) is 10.9. The Morgan fingerprint density at radius 3 is 2.45 bits per heavy atom. The molecular weight excluding hydrogens is 395 g/mol. The van der Waals surface area contributed by atoms with Crippen LogP contribution in [0, 0.1) is 0 Å². The number of likely N-dealkylation sites (N-methyl/N-ethyl adjacent to an activating group) is 2. The fourth-order valence-corrected chi connectivity index (χ4v) is 3.24. The van der Waals surface area contributed by atoms with Crippen molar-refractivity contribution >= 4 is 13.8 Å². The zero-order valence-electron chi connectivity index (χ0n) is 18.0. The molecule has 0 radical (unpaired) electrons. The van der Waals surface area contributed by atoms with Gasteiger partial charge in [-0.2, -0.15) is 0 Å². The number of carbonyl (C=O) groups excluding carboxylic acids is 1. The van der Waals surface area contributed by atoms with E-state index >= 15 is 0 Å². The summed E-state index contributed by atoms with van der Waals surface area (Å²) in [6, 6.07) is 9.78. The van der Waals surface area contributed by atoms with E-state index in [4.69, 9.17) is 13.8 Å². The molecule has 0 aliphatic carbocycles. The molecule has 8 nitrogen and oxygen atoms in total. The van der Waals surface area contributed by atoms with E-state index in [0.717, 1.165) is 5.56 Å². The second-order valence-electron chi connectivity index (χ2n) is 8.10. The molecule has 29 heavy (non-hydrogen) atoms. The second kappa shape index (κ2) is 11.6. The van der Waals surface area contributed by atoms with Gasteiger partial charge < -0.3 is 14.1 Å². The monoisotopic (exact) mass is 429 g/mol. The van der Waals surface area contributed by atoms with Gasteiger partial charge in [0, 0.05) is 18.7 Å². The Labute approximate surface area is 173 Å². The van der Waals surface area contributed by atoms with Crippen molar-refractivity contribution in [1.82, 2.24) is 4.90 Å². The van der Waals surface area contributed by atoms with Crippen LogP contribution in [-0.4, -0.2) is 80.8 Å². The number of hydrogen-bond acceptors (Lipinski definition) is 6. The van der Waals surface area contributed by atoms with Gasteiger partial charge >= 0.3 is 13.8 Å². The van der Waals surface area contributed by atoms with Crippen LogP contribution in [0.3, 0.4) is 0 Å².